The van der Waals surface area contributed by atoms with Crippen molar-refractivity contribution in [1.82, 2.24) is 0 Å². The van der Waals surface area contributed by atoms with E-state index in [-0.39, 0.29) is 18.7 Å². The fourth-order valence-electron chi connectivity index (χ4n) is 0.946. The molecule has 0 fully saturated rings. The molecule has 0 saturated heterocycles. The van der Waals surface area contributed by atoms with Gasteiger partial charge in [0.05, 0.1) is 11.5 Å². The lowest BCUT2D eigenvalue weighted by molar-refractivity contribution is -0.384. The largest absolute Gasteiger partial charge is 0.493 e. The number of benzene rings is 1. The summed E-state index contributed by atoms with van der Waals surface area (Å²) in [7, 11) is 0. The van der Waals surface area contributed by atoms with Gasteiger partial charge >= 0.3 is 0 Å². The Bertz CT molecular complexity index is 322. The Labute approximate surface area is 85.9 Å². The fraction of sp³-hybridized carbons (Fsp3) is 0.333. The van der Waals surface area contributed by atoms with Crippen molar-refractivity contribution in [2.45, 2.75) is 12.7 Å². The summed E-state index contributed by atoms with van der Waals surface area (Å²) in [4.78, 5) is 9.82. The minimum atomic E-state index is -1.40. The van der Waals surface area contributed by atoms with Gasteiger partial charge in [-0.15, -0.1) is 0 Å². The number of aliphatic hydroxyl groups excluding tert-OH is 1. The van der Waals surface area contributed by atoms with Crippen LogP contribution >= 0.6 is 0 Å². The number of ether oxygens (including phenoxy) is 1. The molecule has 1 aromatic rings. The first kappa shape index (κ1) is 11.4. The van der Waals surface area contributed by atoms with Gasteiger partial charge in [-0.1, -0.05) is 0 Å². The van der Waals surface area contributed by atoms with E-state index < -0.39 is 11.2 Å². The maximum absolute atomic E-state index is 10.3. The Balaban J connectivity index is 2.46. The molecule has 0 spiro atoms. The molecule has 0 heterocycles. The van der Waals surface area contributed by atoms with Crippen LogP contribution in [0.25, 0.3) is 0 Å². The van der Waals surface area contributed by atoms with Gasteiger partial charge in [0, 0.05) is 18.6 Å². The first-order chi connectivity index (χ1) is 7.09. The summed E-state index contributed by atoms with van der Waals surface area (Å²) in [6.45, 7) is 0.148. The highest BCUT2D eigenvalue weighted by Crippen LogP contribution is 2.17. The lowest BCUT2D eigenvalue weighted by Crippen LogP contribution is -2.10. The number of hydrogen-bond acceptors (Lipinski definition) is 5. The summed E-state index contributed by atoms with van der Waals surface area (Å²) in [6.07, 6.45) is -1.31. The number of rotatable bonds is 5. The topological polar surface area (TPSA) is 92.8 Å². The van der Waals surface area contributed by atoms with Crippen LogP contribution in [0, 0.1) is 10.1 Å². The van der Waals surface area contributed by atoms with E-state index >= 15 is 0 Å². The van der Waals surface area contributed by atoms with Gasteiger partial charge in [0.1, 0.15) is 5.75 Å². The van der Waals surface area contributed by atoms with Gasteiger partial charge in [-0.25, -0.2) is 0 Å². The van der Waals surface area contributed by atoms with Crippen LogP contribution in [-0.2, 0) is 0 Å². The molecule has 0 bridgehead atoms. The maximum atomic E-state index is 10.3. The van der Waals surface area contributed by atoms with Crippen LogP contribution in [0.3, 0.4) is 0 Å². The number of non-ortho nitro benzene ring substituents is 1. The molecule has 15 heavy (non-hydrogen) atoms. The fourth-order valence-corrected chi connectivity index (χ4v) is 0.946. The predicted molar refractivity (Wildman–Crippen MR) is 51.4 cm³/mol. The normalized spacial score (nSPS) is 10.3. The summed E-state index contributed by atoms with van der Waals surface area (Å²) in [6, 6.07) is 5.57. The third kappa shape index (κ3) is 3.92. The van der Waals surface area contributed by atoms with Crippen LogP contribution in [0.2, 0.25) is 0 Å². The molecule has 0 amide bonds. The van der Waals surface area contributed by atoms with E-state index in [1.165, 1.54) is 24.3 Å². The Hall–Kier alpha value is -1.66. The highest BCUT2D eigenvalue weighted by Gasteiger charge is 2.04. The zero-order valence-electron chi connectivity index (χ0n) is 7.87. The van der Waals surface area contributed by atoms with Crippen molar-refractivity contribution in [3.63, 3.8) is 0 Å². The van der Waals surface area contributed by atoms with E-state index in [2.05, 4.69) is 0 Å². The third-order valence-electron chi connectivity index (χ3n) is 1.69. The molecular weight excluding hydrogens is 202 g/mol. The molecule has 0 saturated carbocycles. The second-order valence-electron chi connectivity index (χ2n) is 2.87. The number of hydrogen-bond donors (Lipinski definition) is 2. The van der Waals surface area contributed by atoms with Crippen molar-refractivity contribution in [2.24, 2.45) is 0 Å². The van der Waals surface area contributed by atoms with E-state index in [1.807, 2.05) is 0 Å². The van der Waals surface area contributed by atoms with Gasteiger partial charge < -0.3 is 14.9 Å². The van der Waals surface area contributed by atoms with Crippen molar-refractivity contribution in [3.05, 3.63) is 34.4 Å². The third-order valence-corrected chi connectivity index (χ3v) is 1.69. The van der Waals surface area contributed by atoms with E-state index in [0.717, 1.165) is 0 Å². The Morgan fingerprint density at radius 1 is 1.33 bits per heavy atom. The first-order valence-corrected chi connectivity index (χ1v) is 4.33. The monoisotopic (exact) mass is 213 g/mol. The van der Waals surface area contributed by atoms with Crippen LogP contribution in [0.15, 0.2) is 24.3 Å². The number of nitro benzene ring substituents is 1. The van der Waals surface area contributed by atoms with Gasteiger partial charge in [-0.05, 0) is 12.1 Å². The Morgan fingerprint density at radius 3 is 2.40 bits per heavy atom. The number of nitro groups is 1. The standard InChI is InChI=1S/C9H11NO5/c11-9(12)5-6-15-8-3-1-7(2-4-8)10(13)14/h1-4,9,11-12H,5-6H2. The molecule has 1 aromatic carbocycles. The summed E-state index contributed by atoms with van der Waals surface area (Å²) < 4.78 is 5.11. The van der Waals surface area contributed by atoms with E-state index in [0.29, 0.717) is 5.75 Å². The molecule has 0 unspecified atom stereocenters. The van der Waals surface area contributed by atoms with Gasteiger partial charge in [0.2, 0.25) is 0 Å². The van der Waals surface area contributed by atoms with Crippen LogP contribution in [0.1, 0.15) is 6.42 Å². The second kappa shape index (κ2) is 5.28. The molecule has 82 valence electrons. The molecule has 0 atom stereocenters. The maximum Gasteiger partial charge on any atom is 0.269 e. The minimum absolute atomic E-state index is 0.00968. The number of nitrogens with zero attached hydrogens (tertiary/aromatic N) is 1. The predicted octanol–water partition coefficient (Wildman–Crippen LogP) is 0.674. The smallest absolute Gasteiger partial charge is 0.269 e. The molecule has 0 aliphatic rings. The van der Waals surface area contributed by atoms with E-state index in [9.17, 15) is 10.1 Å². The Morgan fingerprint density at radius 2 is 1.93 bits per heavy atom. The lowest BCUT2D eigenvalue weighted by Gasteiger charge is -2.06. The van der Waals surface area contributed by atoms with Crippen molar-refractivity contribution < 1.29 is 19.9 Å². The van der Waals surface area contributed by atoms with Gasteiger partial charge in [-0.3, -0.25) is 10.1 Å². The zero-order valence-corrected chi connectivity index (χ0v) is 7.87. The van der Waals surface area contributed by atoms with E-state index in [1.54, 1.807) is 0 Å². The van der Waals surface area contributed by atoms with Crippen molar-refractivity contribution >= 4 is 5.69 Å². The second-order valence-corrected chi connectivity index (χ2v) is 2.87. The van der Waals surface area contributed by atoms with Crippen LogP contribution in [0.4, 0.5) is 5.69 Å². The average molecular weight is 213 g/mol. The van der Waals surface area contributed by atoms with Crippen LogP contribution < -0.4 is 4.74 Å². The van der Waals surface area contributed by atoms with Crippen molar-refractivity contribution in [1.29, 1.82) is 0 Å². The minimum Gasteiger partial charge on any atom is -0.493 e. The van der Waals surface area contributed by atoms with Crippen LogP contribution in [-0.4, -0.2) is 28.0 Å². The summed E-state index contributed by atoms with van der Waals surface area (Å²) >= 11 is 0. The average Bonchev–Trinajstić information content (AvgIpc) is 2.18. The summed E-state index contributed by atoms with van der Waals surface area (Å²) in [5.41, 5.74) is -0.00968. The number of aliphatic hydroxyl groups is 2. The summed E-state index contributed by atoms with van der Waals surface area (Å²) in [5, 5.41) is 27.4. The molecule has 2 N–H and O–H groups in total. The molecule has 1 rings (SSSR count). The summed E-state index contributed by atoms with van der Waals surface area (Å²) in [5.74, 6) is 0.459. The highest BCUT2D eigenvalue weighted by atomic mass is 16.6. The lowest BCUT2D eigenvalue weighted by atomic mass is 10.3. The van der Waals surface area contributed by atoms with Crippen molar-refractivity contribution in [3.8, 4) is 5.75 Å². The molecule has 0 aliphatic carbocycles. The zero-order chi connectivity index (χ0) is 11.3. The van der Waals surface area contributed by atoms with Gasteiger partial charge in [0.25, 0.3) is 5.69 Å². The quantitative estimate of drug-likeness (QED) is 0.426. The van der Waals surface area contributed by atoms with E-state index in [4.69, 9.17) is 14.9 Å². The molecule has 0 aliphatic heterocycles. The molecule has 0 aromatic heterocycles. The SMILES string of the molecule is O=[N+]([O-])c1ccc(OCCC(O)O)cc1. The van der Waals surface area contributed by atoms with Gasteiger partial charge in [-0.2, -0.15) is 0 Å². The highest BCUT2D eigenvalue weighted by molar-refractivity contribution is 5.35. The molecule has 6 heteroatoms. The van der Waals surface area contributed by atoms with Crippen LogP contribution in [0.5, 0.6) is 5.75 Å². The van der Waals surface area contributed by atoms with Gasteiger partial charge in [0.15, 0.2) is 6.29 Å². The molecular formula is C9H11NO5. The Kier molecular flexibility index (Phi) is 4.02. The molecule has 6 nitrogen and oxygen atoms in total. The molecule has 0 radical (unpaired) electrons. The van der Waals surface area contributed by atoms with Crippen molar-refractivity contribution in [2.75, 3.05) is 6.61 Å². The first-order valence-electron chi connectivity index (χ1n) is 4.33.